The van der Waals surface area contributed by atoms with Gasteiger partial charge in [0.25, 0.3) is 0 Å². The van der Waals surface area contributed by atoms with Gasteiger partial charge >= 0.3 is 0 Å². The molecule has 4 heteroatoms. The van der Waals surface area contributed by atoms with E-state index in [0.717, 1.165) is 25.9 Å². The molecule has 0 bridgehead atoms. The van der Waals surface area contributed by atoms with E-state index in [1.165, 1.54) is 6.42 Å². The van der Waals surface area contributed by atoms with E-state index in [9.17, 15) is 4.79 Å². The van der Waals surface area contributed by atoms with Crippen LogP contribution in [0.15, 0.2) is 0 Å². The van der Waals surface area contributed by atoms with Gasteiger partial charge in [-0.1, -0.05) is 6.92 Å². The number of hydrogen-bond acceptors (Lipinski definition) is 3. The predicted octanol–water partition coefficient (Wildman–Crippen LogP) is 0.488. The van der Waals surface area contributed by atoms with Crippen LogP contribution in [0.25, 0.3) is 0 Å². The van der Waals surface area contributed by atoms with Crippen LogP contribution < -0.4 is 11.3 Å². The van der Waals surface area contributed by atoms with E-state index in [1.54, 1.807) is 0 Å². The van der Waals surface area contributed by atoms with Gasteiger partial charge in [-0.2, -0.15) is 0 Å². The third-order valence-corrected chi connectivity index (χ3v) is 1.96. The van der Waals surface area contributed by atoms with Crippen molar-refractivity contribution in [3.05, 3.63) is 0 Å². The molecule has 78 valence electrons. The number of carbonyl (C=O) groups is 1. The second-order valence-corrected chi connectivity index (χ2v) is 3.33. The molecule has 0 aliphatic heterocycles. The molecule has 13 heavy (non-hydrogen) atoms. The summed E-state index contributed by atoms with van der Waals surface area (Å²) < 4.78 is 0. The summed E-state index contributed by atoms with van der Waals surface area (Å²) in [6, 6.07) is 0. The van der Waals surface area contributed by atoms with Crippen LogP contribution in [0.2, 0.25) is 0 Å². The Bertz CT molecular complexity index is 139. The van der Waals surface area contributed by atoms with Crippen LogP contribution >= 0.6 is 0 Å². The number of rotatable bonds is 7. The van der Waals surface area contributed by atoms with Crippen LogP contribution in [0.5, 0.6) is 0 Å². The molecule has 3 N–H and O–H groups in total. The topological polar surface area (TPSA) is 58.4 Å². The van der Waals surface area contributed by atoms with Gasteiger partial charge in [0.2, 0.25) is 5.91 Å². The summed E-state index contributed by atoms with van der Waals surface area (Å²) in [5.41, 5.74) is 2.13. The fourth-order valence-corrected chi connectivity index (χ4v) is 1.23. The van der Waals surface area contributed by atoms with Gasteiger partial charge in [0.15, 0.2) is 0 Å². The lowest BCUT2D eigenvalue weighted by Crippen LogP contribution is -2.29. The molecule has 0 unspecified atom stereocenters. The van der Waals surface area contributed by atoms with Crippen molar-refractivity contribution in [2.45, 2.75) is 32.6 Å². The van der Waals surface area contributed by atoms with E-state index in [-0.39, 0.29) is 5.91 Å². The van der Waals surface area contributed by atoms with Crippen LogP contribution in [0.3, 0.4) is 0 Å². The van der Waals surface area contributed by atoms with E-state index < -0.39 is 0 Å². The van der Waals surface area contributed by atoms with Gasteiger partial charge in [-0.25, -0.2) is 5.84 Å². The van der Waals surface area contributed by atoms with E-state index in [2.05, 4.69) is 24.3 Å². The van der Waals surface area contributed by atoms with Crippen molar-refractivity contribution in [3.63, 3.8) is 0 Å². The lowest BCUT2D eigenvalue weighted by Gasteiger charge is -2.14. The molecule has 0 aliphatic rings. The van der Waals surface area contributed by atoms with Gasteiger partial charge in [-0.05, 0) is 39.4 Å². The molecule has 1 amide bonds. The Hall–Kier alpha value is -0.610. The van der Waals surface area contributed by atoms with Crippen LogP contribution in [0, 0.1) is 0 Å². The van der Waals surface area contributed by atoms with E-state index >= 15 is 0 Å². The minimum absolute atomic E-state index is 0.0712. The first-order valence-electron chi connectivity index (χ1n) is 4.88. The zero-order valence-corrected chi connectivity index (χ0v) is 8.68. The SMILES string of the molecule is CCCN(C)CCCCC(=O)NN. The molecule has 0 aromatic carbocycles. The number of hydrazine groups is 1. The number of unbranched alkanes of at least 4 members (excludes halogenated alkanes) is 1. The average Bonchev–Trinajstić information content (AvgIpc) is 2.12. The van der Waals surface area contributed by atoms with E-state index in [0.29, 0.717) is 6.42 Å². The van der Waals surface area contributed by atoms with Crippen LogP contribution in [-0.2, 0) is 4.79 Å². The second-order valence-electron chi connectivity index (χ2n) is 3.33. The van der Waals surface area contributed by atoms with Crippen molar-refractivity contribution in [2.24, 2.45) is 5.84 Å². The van der Waals surface area contributed by atoms with Gasteiger partial charge in [-0.15, -0.1) is 0 Å². The molecular formula is C9H21N3O. The Balaban J connectivity index is 3.20. The third kappa shape index (κ3) is 7.74. The van der Waals surface area contributed by atoms with Crippen LogP contribution in [0.4, 0.5) is 0 Å². The van der Waals surface area contributed by atoms with Crippen molar-refractivity contribution in [1.82, 2.24) is 10.3 Å². The Morgan fingerprint density at radius 3 is 2.62 bits per heavy atom. The number of carbonyl (C=O) groups excluding carboxylic acids is 1. The Morgan fingerprint density at radius 2 is 2.08 bits per heavy atom. The van der Waals surface area contributed by atoms with Gasteiger partial charge in [0.05, 0.1) is 0 Å². The fourth-order valence-electron chi connectivity index (χ4n) is 1.23. The maximum absolute atomic E-state index is 10.7. The summed E-state index contributed by atoms with van der Waals surface area (Å²) in [6.45, 7) is 4.35. The molecule has 0 aromatic heterocycles. The fraction of sp³-hybridized carbons (Fsp3) is 0.889. The summed E-state index contributed by atoms with van der Waals surface area (Å²) in [5.74, 6) is 4.88. The zero-order chi connectivity index (χ0) is 10.1. The van der Waals surface area contributed by atoms with E-state index in [1.807, 2.05) is 0 Å². The van der Waals surface area contributed by atoms with Gasteiger partial charge in [-0.3, -0.25) is 10.2 Å². The summed E-state index contributed by atoms with van der Waals surface area (Å²) in [6.07, 6.45) is 3.69. The molecule has 0 aliphatic carbocycles. The van der Waals surface area contributed by atoms with E-state index in [4.69, 9.17) is 5.84 Å². The average molecular weight is 187 g/mol. The molecule has 0 fully saturated rings. The molecule has 0 saturated heterocycles. The number of hydrogen-bond donors (Lipinski definition) is 2. The summed E-state index contributed by atoms with van der Waals surface area (Å²) in [5, 5.41) is 0. The Labute approximate surface area is 80.4 Å². The van der Waals surface area contributed by atoms with Crippen LogP contribution in [-0.4, -0.2) is 30.9 Å². The maximum atomic E-state index is 10.7. The highest BCUT2D eigenvalue weighted by Crippen LogP contribution is 1.97. The molecule has 0 spiro atoms. The highest BCUT2D eigenvalue weighted by molar-refractivity contribution is 5.74. The number of amides is 1. The monoisotopic (exact) mass is 187 g/mol. The quantitative estimate of drug-likeness (QED) is 0.264. The zero-order valence-electron chi connectivity index (χ0n) is 8.68. The van der Waals surface area contributed by atoms with Crippen molar-refractivity contribution in [1.29, 1.82) is 0 Å². The van der Waals surface area contributed by atoms with Gasteiger partial charge in [0.1, 0.15) is 0 Å². The molecular weight excluding hydrogens is 166 g/mol. The van der Waals surface area contributed by atoms with Crippen molar-refractivity contribution >= 4 is 5.91 Å². The molecule has 0 aromatic rings. The highest BCUT2D eigenvalue weighted by Gasteiger charge is 1.99. The lowest BCUT2D eigenvalue weighted by molar-refractivity contribution is -0.121. The van der Waals surface area contributed by atoms with Crippen molar-refractivity contribution < 1.29 is 4.79 Å². The van der Waals surface area contributed by atoms with Crippen molar-refractivity contribution in [3.8, 4) is 0 Å². The summed E-state index contributed by atoms with van der Waals surface area (Å²) in [4.78, 5) is 13.0. The Morgan fingerprint density at radius 1 is 1.38 bits per heavy atom. The molecule has 0 rings (SSSR count). The van der Waals surface area contributed by atoms with Gasteiger partial charge in [0, 0.05) is 6.42 Å². The maximum Gasteiger partial charge on any atom is 0.233 e. The number of nitrogens with one attached hydrogen (secondary N) is 1. The van der Waals surface area contributed by atoms with Crippen LogP contribution in [0.1, 0.15) is 32.6 Å². The molecule has 0 saturated carbocycles. The highest BCUT2D eigenvalue weighted by atomic mass is 16.2. The first kappa shape index (κ1) is 12.4. The second kappa shape index (κ2) is 8.01. The standard InChI is InChI=1S/C9H21N3O/c1-3-7-12(2)8-5-4-6-9(13)11-10/h3-8,10H2,1-2H3,(H,11,13). The lowest BCUT2D eigenvalue weighted by atomic mass is 10.2. The predicted molar refractivity (Wildman–Crippen MR) is 54.0 cm³/mol. The number of nitrogens with zero attached hydrogens (tertiary/aromatic N) is 1. The Kier molecular flexibility index (Phi) is 7.63. The molecule has 4 nitrogen and oxygen atoms in total. The minimum Gasteiger partial charge on any atom is -0.306 e. The molecule has 0 atom stereocenters. The summed E-state index contributed by atoms with van der Waals surface area (Å²) >= 11 is 0. The first-order valence-corrected chi connectivity index (χ1v) is 4.88. The van der Waals surface area contributed by atoms with Crippen molar-refractivity contribution in [2.75, 3.05) is 20.1 Å². The largest absolute Gasteiger partial charge is 0.306 e. The number of nitrogens with two attached hydrogens (primary N) is 1. The first-order chi connectivity index (χ1) is 6.20. The molecule has 0 heterocycles. The third-order valence-electron chi connectivity index (χ3n) is 1.96. The smallest absolute Gasteiger partial charge is 0.233 e. The van der Waals surface area contributed by atoms with Gasteiger partial charge < -0.3 is 4.90 Å². The molecule has 0 radical (unpaired) electrons. The minimum atomic E-state index is -0.0712. The normalized spacial score (nSPS) is 10.5. The summed E-state index contributed by atoms with van der Waals surface area (Å²) in [7, 11) is 2.10.